The first-order valence-corrected chi connectivity index (χ1v) is 10.5. The molecule has 1 atom stereocenters. The lowest BCUT2D eigenvalue weighted by atomic mass is 10.1. The number of benzene rings is 2. The summed E-state index contributed by atoms with van der Waals surface area (Å²) in [6.45, 7) is 0.610. The molecule has 1 aromatic heterocycles. The van der Waals surface area contributed by atoms with Crippen LogP contribution in [0, 0.1) is 0 Å². The fourth-order valence-electron chi connectivity index (χ4n) is 2.96. The van der Waals surface area contributed by atoms with Crippen molar-refractivity contribution in [2.75, 3.05) is 5.75 Å². The highest BCUT2D eigenvalue weighted by Crippen LogP contribution is 2.30. The number of nitrogens with zero attached hydrogens (tertiary/aromatic N) is 2. The van der Waals surface area contributed by atoms with Gasteiger partial charge >= 0.3 is 6.18 Å². The number of nitrogens with one attached hydrogen (secondary N) is 1. The Labute approximate surface area is 181 Å². The average molecular weight is 454 g/mol. The summed E-state index contributed by atoms with van der Waals surface area (Å²) in [5, 5.41) is 3.47. The summed E-state index contributed by atoms with van der Waals surface area (Å²) in [6, 6.07) is 15.5. The van der Waals surface area contributed by atoms with E-state index in [1.54, 1.807) is 49.4 Å². The second kappa shape index (κ2) is 9.57. The number of carbonyl (C=O) groups excluding carboxylic acids is 1. The molecule has 3 rings (SSSR count). The molecule has 0 saturated heterocycles. The molecule has 1 heterocycles. The Morgan fingerprint density at radius 3 is 2.50 bits per heavy atom. The fourth-order valence-corrected chi connectivity index (χ4v) is 4.05. The Hall–Kier alpha value is -2.45. The van der Waals surface area contributed by atoms with Crippen molar-refractivity contribution in [2.24, 2.45) is 0 Å². The van der Waals surface area contributed by atoms with Gasteiger partial charge in [-0.15, -0.1) is 0 Å². The molecule has 4 nitrogen and oxygen atoms in total. The maximum absolute atomic E-state index is 13.1. The lowest BCUT2D eigenvalue weighted by Gasteiger charge is -2.16. The van der Waals surface area contributed by atoms with Gasteiger partial charge in [-0.25, -0.2) is 4.98 Å². The molecule has 3 aromatic rings. The van der Waals surface area contributed by atoms with Crippen LogP contribution in [0.4, 0.5) is 13.2 Å². The number of thioether (sulfide) groups is 1. The van der Waals surface area contributed by atoms with Crippen molar-refractivity contribution in [1.82, 2.24) is 14.9 Å². The van der Waals surface area contributed by atoms with Crippen molar-refractivity contribution in [3.63, 3.8) is 0 Å². The van der Waals surface area contributed by atoms with Crippen molar-refractivity contribution in [1.29, 1.82) is 0 Å². The predicted octanol–water partition coefficient (Wildman–Crippen LogP) is 5.74. The maximum atomic E-state index is 13.1. The summed E-state index contributed by atoms with van der Waals surface area (Å²) in [6.07, 6.45) is -3.02. The predicted molar refractivity (Wildman–Crippen MR) is 112 cm³/mol. The molecule has 158 valence electrons. The molecule has 1 N–H and O–H groups in total. The van der Waals surface area contributed by atoms with E-state index in [0.29, 0.717) is 16.3 Å². The van der Waals surface area contributed by atoms with E-state index < -0.39 is 12.7 Å². The minimum atomic E-state index is -4.42. The molecular formula is C21H19ClF3N3OS. The van der Waals surface area contributed by atoms with Crippen molar-refractivity contribution in [2.45, 2.75) is 30.8 Å². The zero-order valence-electron chi connectivity index (χ0n) is 16.0. The lowest BCUT2D eigenvalue weighted by Crippen LogP contribution is -2.28. The minimum Gasteiger partial charge on any atom is -0.349 e. The van der Waals surface area contributed by atoms with Crippen LogP contribution >= 0.6 is 23.4 Å². The first-order chi connectivity index (χ1) is 14.2. The second-order valence-corrected chi connectivity index (χ2v) is 7.94. The van der Waals surface area contributed by atoms with E-state index in [0.717, 1.165) is 21.9 Å². The molecule has 0 aliphatic carbocycles. The number of imidazole rings is 1. The van der Waals surface area contributed by atoms with Crippen molar-refractivity contribution in [3.8, 4) is 11.3 Å². The van der Waals surface area contributed by atoms with Crippen LogP contribution in [-0.2, 0) is 11.3 Å². The van der Waals surface area contributed by atoms with Crippen LogP contribution in [0.3, 0.4) is 0 Å². The molecule has 1 unspecified atom stereocenters. The highest BCUT2D eigenvalue weighted by atomic mass is 35.5. The summed E-state index contributed by atoms with van der Waals surface area (Å²) >= 11 is 7.10. The van der Waals surface area contributed by atoms with Crippen molar-refractivity contribution in [3.05, 3.63) is 71.4 Å². The van der Waals surface area contributed by atoms with E-state index in [4.69, 9.17) is 11.6 Å². The molecule has 0 aliphatic heterocycles. The van der Waals surface area contributed by atoms with Gasteiger partial charge < -0.3 is 9.88 Å². The van der Waals surface area contributed by atoms with Gasteiger partial charge in [0, 0.05) is 5.02 Å². The van der Waals surface area contributed by atoms with E-state index >= 15 is 0 Å². The third-order valence-corrected chi connectivity index (χ3v) is 5.64. The summed E-state index contributed by atoms with van der Waals surface area (Å²) in [7, 11) is 0. The topological polar surface area (TPSA) is 46.9 Å². The lowest BCUT2D eigenvalue weighted by molar-refractivity contribution is -0.141. The van der Waals surface area contributed by atoms with Gasteiger partial charge in [-0.1, -0.05) is 71.9 Å². The van der Waals surface area contributed by atoms with Crippen LogP contribution < -0.4 is 5.32 Å². The number of rotatable bonds is 7. The molecule has 1 amide bonds. The van der Waals surface area contributed by atoms with Gasteiger partial charge in [0.05, 0.1) is 23.7 Å². The van der Waals surface area contributed by atoms with Crippen LogP contribution in [0.25, 0.3) is 11.3 Å². The largest absolute Gasteiger partial charge is 0.406 e. The zero-order valence-corrected chi connectivity index (χ0v) is 17.6. The van der Waals surface area contributed by atoms with Gasteiger partial charge in [0.2, 0.25) is 5.91 Å². The normalized spacial score (nSPS) is 12.6. The smallest absolute Gasteiger partial charge is 0.349 e. The average Bonchev–Trinajstić information content (AvgIpc) is 3.08. The highest BCUT2D eigenvalue weighted by molar-refractivity contribution is 7.99. The third kappa shape index (κ3) is 5.79. The summed E-state index contributed by atoms with van der Waals surface area (Å²) in [5.74, 6) is -0.395. The van der Waals surface area contributed by atoms with Gasteiger partial charge in [-0.05, 0) is 24.1 Å². The van der Waals surface area contributed by atoms with E-state index in [2.05, 4.69) is 10.3 Å². The molecule has 2 aromatic carbocycles. The number of aromatic nitrogens is 2. The molecule has 0 bridgehead atoms. The molecule has 9 heteroatoms. The Morgan fingerprint density at radius 2 is 1.83 bits per heavy atom. The zero-order chi connectivity index (χ0) is 21.7. The van der Waals surface area contributed by atoms with Crippen LogP contribution in [0.5, 0.6) is 0 Å². The van der Waals surface area contributed by atoms with Gasteiger partial charge in [0.15, 0.2) is 5.16 Å². The highest BCUT2D eigenvalue weighted by Gasteiger charge is 2.31. The van der Waals surface area contributed by atoms with E-state index in [9.17, 15) is 18.0 Å². The quantitative estimate of drug-likeness (QED) is 0.464. The van der Waals surface area contributed by atoms with E-state index in [1.165, 1.54) is 6.20 Å². The number of amides is 1. The monoisotopic (exact) mass is 453 g/mol. The van der Waals surface area contributed by atoms with E-state index in [1.807, 2.05) is 12.1 Å². The van der Waals surface area contributed by atoms with Crippen molar-refractivity contribution >= 4 is 29.3 Å². The van der Waals surface area contributed by atoms with Gasteiger partial charge in [0.25, 0.3) is 0 Å². The molecule has 0 saturated carbocycles. The number of carbonyl (C=O) groups is 1. The fraction of sp³-hybridized carbons (Fsp3) is 0.238. The van der Waals surface area contributed by atoms with Crippen LogP contribution in [-0.4, -0.2) is 27.4 Å². The molecule has 0 aliphatic rings. The van der Waals surface area contributed by atoms with Gasteiger partial charge in [-0.3, -0.25) is 4.79 Å². The molecule has 0 spiro atoms. The first-order valence-electron chi connectivity index (χ1n) is 9.09. The summed E-state index contributed by atoms with van der Waals surface area (Å²) < 4.78 is 40.5. The Morgan fingerprint density at radius 1 is 1.17 bits per heavy atom. The third-order valence-electron chi connectivity index (χ3n) is 4.31. The minimum absolute atomic E-state index is 0.0715. The standard InChI is InChI=1S/C21H19ClF3N3OS/c1-14(16-9-5-6-10-17(16)22)27-19(29)12-30-20-26-11-18(15-7-3-2-4-8-15)28(20)13-21(23,24)25/h2-11,14H,12-13H2,1H3,(H,27,29). The number of hydrogen-bond donors (Lipinski definition) is 1. The maximum Gasteiger partial charge on any atom is 0.406 e. The summed E-state index contributed by atoms with van der Waals surface area (Å²) in [4.78, 5) is 16.5. The molecule has 0 radical (unpaired) electrons. The number of alkyl halides is 3. The Balaban J connectivity index is 1.72. The molecular weight excluding hydrogens is 435 g/mol. The van der Waals surface area contributed by atoms with Crippen LogP contribution in [0.2, 0.25) is 5.02 Å². The van der Waals surface area contributed by atoms with Crippen molar-refractivity contribution < 1.29 is 18.0 Å². The summed E-state index contributed by atoms with van der Waals surface area (Å²) in [5.41, 5.74) is 1.74. The Kier molecular flexibility index (Phi) is 7.10. The first kappa shape index (κ1) is 22.2. The Bertz CT molecular complexity index is 1010. The molecule has 30 heavy (non-hydrogen) atoms. The van der Waals surface area contributed by atoms with Crippen LogP contribution in [0.1, 0.15) is 18.5 Å². The SMILES string of the molecule is CC(NC(=O)CSc1ncc(-c2ccccc2)n1CC(F)(F)F)c1ccccc1Cl. The number of halogens is 4. The van der Waals surface area contributed by atoms with Gasteiger partial charge in [0.1, 0.15) is 6.54 Å². The van der Waals surface area contributed by atoms with Crippen LogP contribution in [0.15, 0.2) is 66.0 Å². The number of hydrogen-bond acceptors (Lipinski definition) is 3. The second-order valence-electron chi connectivity index (χ2n) is 6.59. The molecule has 0 fully saturated rings. The van der Waals surface area contributed by atoms with Gasteiger partial charge in [-0.2, -0.15) is 13.2 Å². The van der Waals surface area contributed by atoms with E-state index in [-0.39, 0.29) is 22.9 Å².